The van der Waals surface area contributed by atoms with Crippen molar-refractivity contribution in [3.63, 3.8) is 0 Å². The van der Waals surface area contributed by atoms with Gasteiger partial charge in [0.2, 0.25) is 0 Å². The maximum absolute atomic E-state index is 8.77. The predicted molar refractivity (Wildman–Crippen MR) is 39.4 cm³/mol. The highest BCUT2D eigenvalue weighted by molar-refractivity contribution is 4.90. The SMILES string of the molecule is C=C(C)CNC[C@@H](C)O. The van der Waals surface area contributed by atoms with Crippen LogP contribution in [0.2, 0.25) is 0 Å². The minimum absolute atomic E-state index is 0.260. The molecule has 0 aromatic carbocycles. The molecule has 0 heterocycles. The molecule has 0 aliphatic carbocycles. The second-order valence-corrected chi connectivity index (χ2v) is 2.44. The first-order chi connectivity index (χ1) is 4.13. The fourth-order valence-corrected chi connectivity index (χ4v) is 0.494. The van der Waals surface area contributed by atoms with Crippen molar-refractivity contribution in [1.29, 1.82) is 0 Å². The molecule has 0 saturated carbocycles. The van der Waals surface area contributed by atoms with Gasteiger partial charge in [0.25, 0.3) is 0 Å². The van der Waals surface area contributed by atoms with Gasteiger partial charge in [0.1, 0.15) is 0 Å². The van der Waals surface area contributed by atoms with Gasteiger partial charge >= 0.3 is 0 Å². The molecule has 54 valence electrons. The monoisotopic (exact) mass is 129 g/mol. The summed E-state index contributed by atoms with van der Waals surface area (Å²) in [5, 5.41) is 11.8. The van der Waals surface area contributed by atoms with Crippen molar-refractivity contribution in [3.8, 4) is 0 Å². The van der Waals surface area contributed by atoms with Crippen LogP contribution in [0.1, 0.15) is 13.8 Å². The summed E-state index contributed by atoms with van der Waals surface area (Å²) in [4.78, 5) is 0. The van der Waals surface area contributed by atoms with Crippen molar-refractivity contribution in [2.24, 2.45) is 0 Å². The third kappa shape index (κ3) is 7.66. The zero-order valence-electron chi connectivity index (χ0n) is 6.15. The molecular weight excluding hydrogens is 114 g/mol. The normalized spacial score (nSPS) is 13.2. The van der Waals surface area contributed by atoms with E-state index >= 15 is 0 Å². The fraction of sp³-hybridized carbons (Fsp3) is 0.714. The topological polar surface area (TPSA) is 32.3 Å². The van der Waals surface area contributed by atoms with Gasteiger partial charge in [-0.1, -0.05) is 12.2 Å². The van der Waals surface area contributed by atoms with E-state index in [1.807, 2.05) is 6.92 Å². The summed E-state index contributed by atoms with van der Waals surface area (Å²) >= 11 is 0. The maximum atomic E-state index is 8.77. The summed E-state index contributed by atoms with van der Waals surface area (Å²) in [6.07, 6.45) is -0.260. The second kappa shape index (κ2) is 4.53. The van der Waals surface area contributed by atoms with Gasteiger partial charge in [0, 0.05) is 13.1 Å². The van der Waals surface area contributed by atoms with Crippen molar-refractivity contribution >= 4 is 0 Å². The summed E-state index contributed by atoms with van der Waals surface area (Å²) in [6.45, 7) is 8.86. The van der Waals surface area contributed by atoms with Crippen molar-refractivity contribution in [3.05, 3.63) is 12.2 Å². The van der Waals surface area contributed by atoms with Crippen LogP contribution in [-0.4, -0.2) is 24.3 Å². The lowest BCUT2D eigenvalue weighted by molar-refractivity contribution is 0.192. The van der Waals surface area contributed by atoms with Gasteiger partial charge in [-0.05, 0) is 13.8 Å². The Bertz CT molecular complexity index is 88.9. The van der Waals surface area contributed by atoms with E-state index in [4.69, 9.17) is 5.11 Å². The van der Waals surface area contributed by atoms with Gasteiger partial charge in [0.05, 0.1) is 6.10 Å². The average Bonchev–Trinajstić information content (AvgIpc) is 1.63. The third-order valence-corrected chi connectivity index (χ3v) is 0.867. The van der Waals surface area contributed by atoms with E-state index in [-0.39, 0.29) is 6.10 Å². The molecule has 2 nitrogen and oxygen atoms in total. The van der Waals surface area contributed by atoms with Crippen LogP contribution in [0.3, 0.4) is 0 Å². The molecule has 0 spiro atoms. The number of aliphatic hydroxyl groups excluding tert-OH is 1. The lowest BCUT2D eigenvalue weighted by atomic mass is 10.3. The van der Waals surface area contributed by atoms with Crippen molar-refractivity contribution in [2.75, 3.05) is 13.1 Å². The minimum Gasteiger partial charge on any atom is -0.392 e. The smallest absolute Gasteiger partial charge is 0.0636 e. The van der Waals surface area contributed by atoms with Gasteiger partial charge in [-0.25, -0.2) is 0 Å². The molecule has 0 aromatic rings. The number of nitrogens with one attached hydrogen (secondary N) is 1. The van der Waals surface area contributed by atoms with Crippen molar-refractivity contribution in [1.82, 2.24) is 5.32 Å². The van der Waals surface area contributed by atoms with Crippen LogP contribution in [0.15, 0.2) is 12.2 Å². The molecule has 0 unspecified atom stereocenters. The van der Waals surface area contributed by atoms with E-state index in [9.17, 15) is 0 Å². The Labute approximate surface area is 56.6 Å². The van der Waals surface area contributed by atoms with Gasteiger partial charge in [-0.2, -0.15) is 0 Å². The van der Waals surface area contributed by atoms with Crippen molar-refractivity contribution in [2.45, 2.75) is 20.0 Å². The molecule has 9 heavy (non-hydrogen) atoms. The highest BCUT2D eigenvalue weighted by atomic mass is 16.3. The Balaban J connectivity index is 3.01. The largest absolute Gasteiger partial charge is 0.392 e. The second-order valence-electron chi connectivity index (χ2n) is 2.44. The summed E-state index contributed by atoms with van der Waals surface area (Å²) in [5.74, 6) is 0. The van der Waals surface area contributed by atoms with Crippen LogP contribution < -0.4 is 5.32 Å². The number of hydrogen-bond acceptors (Lipinski definition) is 2. The first kappa shape index (κ1) is 8.66. The third-order valence-electron chi connectivity index (χ3n) is 0.867. The van der Waals surface area contributed by atoms with Gasteiger partial charge in [-0.15, -0.1) is 0 Å². The summed E-state index contributed by atoms with van der Waals surface area (Å²) in [7, 11) is 0. The number of rotatable bonds is 4. The Hall–Kier alpha value is -0.340. The van der Waals surface area contributed by atoms with Gasteiger partial charge < -0.3 is 10.4 Å². The van der Waals surface area contributed by atoms with Crippen LogP contribution in [0.4, 0.5) is 0 Å². The number of hydrogen-bond donors (Lipinski definition) is 2. The van der Waals surface area contributed by atoms with Crippen LogP contribution in [0.25, 0.3) is 0 Å². The molecule has 1 atom stereocenters. The molecule has 0 aliphatic rings. The summed E-state index contributed by atoms with van der Waals surface area (Å²) in [5.41, 5.74) is 1.09. The lowest BCUT2D eigenvalue weighted by Gasteiger charge is -2.04. The lowest BCUT2D eigenvalue weighted by Crippen LogP contribution is -2.25. The molecule has 0 saturated heterocycles. The van der Waals surface area contributed by atoms with E-state index in [1.165, 1.54) is 0 Å². The van der Waals surface area contributed by atoms with Crippen molar-refractivity contribution < 1.29 is 5.11 Å². The average molecular weight is 129 g/mol. The zero-order valence-corrected chi connectivity index (χ0v) is 6.15. The Kier molecular flexibility index (Phi) is 4.36. The molecule has 0 bridgehead atoms. The van der Waals surface area contributed by atoms with Gasteiger partial charge in [0.15, 0.2) is 0 Å². The highest BCUT2D eigenvalue weighted by Crippen LogP contribution is 1.81. The molecule has 0 amide bonds. The molecule has 2 N–H and O–H groups in total. The minimum atomic E-state index is -0.260. The predicted octanol–water partition coefficient (Wildman–Crippen LogP) is 0.533. The molecule has 0 rings (SSSR count). The first-order valence-corrected chi connectivity index (χ1v) is 3.16. The molecule has 0 aromatic heterocycles. The molecule has 0 aliphatic heterocycles. The standard InChI is InChI=1S/C7H15NO/c1-6(2)4-8-5-7(3)9/h7-9H,1,4-5H2,2-3H3/t7-/m1/s1. The van der Waals surface area contributed by atoms with Crippen LogP contribution in [0.5, 0.6) is 0 Å². The quantitative estimate of drug-likeness (QED) is 0.543. The van der Waals surface area contributed by atoms with E-state index in [2.05, 4.69) is 11.9 Å². The van der Waals surface area contributed by atoms with Crippen LogP contribution in [0, 0.1) is 0 Å². The molecule has 2 heteroatoms. The zero-order chi connectivity index (χ0) is 7.28. The van der Waals surface area contributed by atoms with Crippen LogP contribution >= 0.6 is 0 Å². The van der Waals surface area contributed by atoms with E-state index in [1.54, 1.807) is 6.92 Å². The Morgan fingerprint density at radius 1 is 1.78 bits per heavy atom. The first-order valence-electron chi connectivity index (χ1n) is 3.16. The number of aliphatic hydroxyl groups is 1. The van der Waals surface area contributed by atoms with E-state index in [0.717, 1.165) is 12.1 Å². The van der Waals surface area contributed by atoms with E-state index in [0.29, 0.717) is 6.54 Å². The Morgan fingerprint density at radius 3 is 2.67 bits per heavy atom. The summed E-state index contributed by atoms with van der Waals surface area (Å²) < 4.78 is 0. The maximum Gasteiger partial charge on any atom is 0.0636 e. The summed E-state index contributed by atoms with van der Waals surface area (Å²) in [6, 6.07) is 0. The highest BCUT2D eigenvalue weighted by Gasteiger charge is 1.91. The molecular formula is C7H15NO. The van der Waals surface area contributed by atoms with Crippen LogP contribution in [-0.2, 0) is 0 Å². The molecule has 0 fully saturated rings. The van der Waals surface area contributed by atoms with E-state index < -0.39 is 0 Å². The van der Waals surface area contributed by atoms with Gasteiger partial charge in [-0.3, -0.25) is 0 Å². The molecule has 0 radical (unpaired) electrons. The Morgan fingerprint density at radius 2 is 2.33 bits per heavy atom. The fourth-order valence-electron chi connectivity index (χ4n) is 0.494.